The van der Waals surface area contributed by atoms with Crippen LogP contribution in [0, 0.1) is 0 Å². The number of nitrogens with zero attached hydrogens (tertiary/aromatic N) is 1. The van der Waals surface area contributed by atoms with Gasteiger partial charge in [-0.2, -0.15) is 0 Å². The van der Waals surface area contributed by atoms with Crippen molar-refractivity contribution in [1.82, 2.24) is 10.2 Å². The molecule has 7 heteroatoms. The van der Waals surface area contributed by atoms with Crippen molar-refractivity contribution in [3.8, 4) is 0 Å². The Morgan fingerprint density at radius 1 is 1.28 bits per heavy atom. The molecule has 2 aromatic rings. The highest BCUT2D eigenvalue weighted by Crippen LogP contribution is 2.23. The van der Waals surface area contributed by atoms with E-state index < -0.39 is 0 Å². The summed E-state index contributed by atoms with van der Waals surface area (Å²) >= 11 is 12.0. The number of hydrogen-bond acceptors (Lipinski definition) is 4. The van der Waals surface area contributed by atoms with E-state index in [1.165, 1.54) is 0 Å². The van der Waals surface area contributed by atoms with Crippen LogP contribution in [0.4, 0.5) is 0 Å². The Morgan fingerprint density at radius 2 is 2.16 bits per heavy atom. The van der Waals surface area contributed by atoms with E-state index in [9.17, 15) is 4.79 Å². The van der Waals surface area contributed by atoms with Crippen molar-refractivity contribution in [2.75, 3.05) is 26.2 Å². The van der Waals surface area contributed by atoms with Crippen LogP contribution in [0.15, 0.2) is 41.0 Å². The Kier molecular flexibility index (Phi) is 6.37. The molecule has 1 N–H and O–H groups in total. The number of nitrogens with one attached hydrogen (secondary N) is 1. The molecule has 0 unspecified atom stereocenters. The molecule has 1 aliphatic heterocycles. The predicted molar refractivity (Wildman–Crippen MR) is 96.9 cm³/mol. The van der Waals surface area contributed by atoms with Crippen LogP contribution in [0.2, 0.25) is 10.0 Å². The molecule has 1 aromatic carbocycles. The van der Waals surface area contributed by atoms with Gasteiger partial charge in [-0.25, -0.2) is 0 Å². The van der Waals surface area contributed by atoms with E-state index in [4.69, 9.17) is 32.4 Å². The summed E-state index contributed by atoms with van der Waals surface area (Å²) < 4.78 is 10.9. The second kappa shape index (κ2) is 8.72. The van der Waals surface area contributed by atoms with Crippen molar-refractivity contribution in [2.45, 2.75) is 19.1 Å². The summed E-state index contributed by atoms with van der Waals surface area (Å²) in [5.74, 6) is 0.587. The van der Waals surface area contributed by atoms with Gasteiger partial charge in [0.25, 0.3) is 0 Å². The smallest absolute Gasteiger partial charge is 0.227 e. The zero-order chi connectivity index (χ0) is 17.6. The van der Waals surface area contributed by atoms with E-state index in [0.29, 0.717) is 29.0 Å². The molecule has 0 radical (unpaired) electrons. The van der Waals surface area contributed by atoms with E-state index in [1.54, 1.807) is 18.4 Å². The number of ether oxygens (including phenoxy) is 1. The highest BCUT2D eigenvalue weighted by Gasteiger charge is 2.21. The summed E-state index contributed by atoms with van der Waals surface area (Å²) in [6.07, 6.45) is 1.78. The maximum Gasteiger partial charge on any atom is 0.227 e. The summed E-state index contributed by atoms with van der Waals surface area (Å²) in [4.78, 5) is 14.2. The van der Waals surface area contributed by atoms with Crippen molar-refractivity contribution in [2.24, 2.45) is 0 Å². The average molecular weight is 383 g/mol. The quantitative estimate of drug-likeness (QED) is 0.833. The number of benzene rings is 1. The number of hydrogen-bond donors (Lipinski definition) is 1. The minimum absolute atomic E-state index is 0.0305. The van der Waals surface area contributed by atoms with Crippen LogP contribution in [-0.2, 0) is 22.5 Å². The van der Waals surface area contributed by atoms with Crippen molar-refractivity contribution < 1.29 is 13.9 Å². The number of carbonyl (C=O) groups is 1. The van der Waals surface area contributed by atoms with E-state index in [1.807, 2.05) is 18.2 Å². The third-order valence-corrected chi connectivity index (χ3v) is 4.79. The first-order valence-corrected chi connectivity index (χ1v) is 8.92. The van der Waals surface area contributed by atoms with Crippen LogP contribution in [0.5, 0.6) is 0 Å². The van der Waals surface area contributed by atoms with E-state index >= 15 is 0 Å². The van der Waals surface area contributed by atoms with E-state index in [0.717, 1.165) is 25.2 Å². The fraction of sp³-hybridized carbons (Fsp3) is 0.389. The molecule has 0 saturated carbocycles. The number of morpholine rings is 1. The van der Waals surface area contributed by atoms with Gasteiger partial charge in [0, 0.05) is 26.2 Å². The average Bonchev–Trinajstić information content (AvgIpc) is 3.10. The van der Waals surface area contributed by atoms with Gasteiger partial charge in [0.2, 0.25) is 5.91 Å². The van der Waals surface area contributed by atoms with Crippen LogP contribution in [0.3, 0.4) is 0 Å². The van der Waals surface area contributed by atoms with E-state index in [-0.39, 0.29) is 18.4 Å². The Labute approximate surface area is 156 Å². The molecule has 25 heavy (non-hydrogen) atoms. The minimum Gasteiger partial charge on any atom is -0.469 e. The molecule has 1 aliphatic rings. The lowest BCUT2D eigenvalue weighted by Gasteiger charge is -2.33. The van der Waals surface area contributed by atoms with Crippen molar-refractivity contribution in [3.05, 3.63) is 58.0 Å². The van der Waals surface area contributed by atoms with Crippen molar-refractivity contribution in [1.29, 1.82) is 0 Å². The monoisotopic (exact) mass is 382 g/mol. The number of halogens is 2. The van der Waals surface area contributed by atoms with Gasteiger partial charge in [0.15, 0.2) is 0 Å². The molecule has 5 nitrogen and oxygen atoms in total. The topological polar surface area (TPSA) is 54.7 Å². The molecule has 2 heterocycles. The third kappa shape index (κ3) is 5.47. The first-order valence-electron chi connectivity index (χ1n) is 8.17. The van der Waals surface area contributed by atoms with Gasteiger partial charge in [0.05, 0.1) is 35.4 Å². The van der Waals surface area contributed by atoms with Crippen LogP contribution in [0.1, 0.15) is 11.3 Å². The Balaban J connectivity index is 1.45. The fourth-order valence-corrected chi connectivity index (χ4v) is 3.13. The van der Waals surface area contributed by atoms with Crippen LogP contribution in [0.25, 0.3) is 0 Å². The molecule has 0 spiro atoms. The predicted octanol–water partition coefficient (Wildman–Crippen LogP) is 3.15. The largest absolute Gasteiger partial charge is 0.469 e. The number of rotatable bonds is 6. The molecule has 1 saturated heterocycles. The summed E-state index contributed by atoms with van der Waals surface area (Å²) in [7, 11) is 0. The van der Waals surface area contributed by atoms with Crippen LogP contribution in [-0.4, -0.2) is 43.2 Å². The van der Waals surface area contributed by atoms with Gasteiger partial charge in [0.1, 0.15) is 5.76 Å². The van der Waals surface area contributed by atoms with Crippen LogP contribution < -0.4 is 5.32 Å². The first kappa shape index (κ1) is 18.3. The Bertz CT molecular complexity index is 706. The lowest BCUT2D eigenvalue weighted by Crippen LogP contribution is -2.47. The number of amides is 1. The molecule has 3 rings (SSSR count). The standard InChI is InChI=1S/C18H20Cl2N2O3/c19-16-4-3-13(8-17(16)20)11-22-5-7-25-15(12-22)10-21-18(23)9-14-2-1-6-24-14/h1-4,6,8,15H,5,7,9-12H2,(H,21,23)/t15-/m0/s1. The fourth-order valence-electron chi connectivity index (χ4n) is 2.81. The molecule has 1 amide bonds. The SMILES string of the molecule is O=C(Cc1ccco1)NC[C@H]1CN(Cc2ccc(Cl)c(Cl)c2)CCO1. The number of carbonyl (C=O) groups excluding carboxylic acids is 1. The zero-order valence-electron chi connectivity index (χ0n) is 13.7. The van der Waals surface area contributed by atoms with E-state index in [2.05, 4.69) is 10.2 Å². The normalized spacial score (nSPS) is 18.2. The highest BCUT2D eigenvalue weighted by atomic mass is 35.5. The molecular formula is C18H20Cl2N2O3. The molecule has 1 fully saturated rings. The third-order valence-electron chi connectivity index (χ3n) is 4.05. The van der Waals surface area contributed by atoms with Gasteiger partial charge >= 0.3 is 0 Å². The molecule has 1 atom stereocenters. The second-order valence-electron chi connectivity index (χ2n) is 6.04. The van der Waals surface area contributed by atoms with Gasteiger partial charge < -0.3 is 14.5 Å². The zero-order valence-corrected chi connectivity index (χ0v) is 15.2. The van der Waals surface area contributed by atoms with Crippen LogP contribution >= 0.6 is 23.2 Å². The lowest BCUT2D eigenvalue weighted by atomic mass is 10.2. The van der Waals surface area contributed by atoms with Gasteiger partial charge in [-0.15, -0.1) is 0 Å². The number of furan rings is 1. The minimum atomic E-state index is -0.0693. The van der Waals surface area contributed by atoms with Gasteiger partial charge in [-0.05, 0) is 29.8 Å². The van der Waals surface area contributed by atoms with Crippen molar-refractivity contribution >= 4 is 29.1 Å². The van der Waals surface area contributed by atoms with Gasteiger partial charge in [-0.3, -0.25) is 9.69 Å². The first-order chi connectivity index (χ1) is 12.1. The maximum atomic E-state index is 11.9. The summed E-state index contributed by atoms with van der Waals surface area (Å²) in [6, 6.07) is 9.23. The molecule has 134 valence electrons. The summed E-state index contributed by atoms with van der Waals surface area (Å²) in [5.41, 5.74) is 1.11. The second-order valence-corrected chi connectivity index (χ2v) is 6.85. The summed E-state index contributed by atoms with van der Waals surface area (Å²) in [5, 5.41) is 4.03. The molecular weight excluding hydrogens is 363 g/mol. The lowest BCUT2D eigenvalue weighted by molar-refractivity contribution is -0.121. The molecule has 1 aromatic heterocycles. The van der Waals surface area contributed by atoms with Crippen molar-refractivity contribution in [3.63, 3.8) is 0 Å². The Morgan fingerprint density at radius 3 is 2.92 bits per heavy atom. The van der Waals surface area contributed by atoms with Gasteiger partial charge in [-0.1, -0.05) is 29.3 Å². The summed E-state index contributed by atoms with van der Waals surface area (Å²) in [6.45, 7) is 3.49. The maximum absolute atomic E-state index is 11.9. The highest BCUT2D eigenvalue weighted by molar-refractivity contribution is 6.42. The molecule has 0 aliphatic carbocycles. The Hall–Kier alpha value is -1.53. The molecule has 0 bridgehead atoms.